The topological polar surface area (TPSA) is 54.3 Å². The molecule has 2 aromatic rings. The Morgan fingerprint density at radius 1 is 1.10 bits per heavy atom. The molecule has 0 atom stereocenters. The Bertz CT molecular complexity index is 710. The standard InChI is InChI=1S/C16H13BrN2O2/c17-13-2-3-14(12(8-13)9-18)19-10-11-1-4-15-16(7-11)21-6-5-20-15/h1-4,7-8,19H,5-6,10H2. The lowest BCUT2D eigenvalue weighted by atomic mass is 10.1. The maximum Gasteiger partial charge on any atom is 0.161 e. The van der Waals surface area contributed by atoms with Crippen molar-refractivity contribution in [3.05, 3.63) is 52.0 Å². The number of halogens is 1. The van der Waals surface area contributed by atoms with E-state index in [2.05, 4.69) is 27.3 Å². The average Bonchev–Trinajstić information content (AvgIpc) is 2.53. The number of fused-ring (bicyclic) bond motifs is 1. The second-order valence-corrected chi connectivity index (χ2v) is 5.55. The van der Waals surface area contributed by atoms with Crippen LogP contribution in [0.1, 0.15) is 11.1 Å². The van der Waals surface area contributed by atoms with Gasteiger partial charge >= 0.3 is 0 Å². The van der Waals surface area contributed by atoms with E-state index in [-0.39, 0.29) is 0 Å². The molecular formula is C16H13BrN2O2. The van der Waals surface area contributed by atoms with Gasteiger partial charge in [0.2, 0.25) is 0 Å². The van der Waals surface area contributed by atoms with Gasteiger partial charge in [-0.1, -0.05) is 22.0 Å². The molecule has 1 heterocycles. The number of hydrogen-bond acceptors (Lipinski definition) is 4. The summed E-state index contributed by atoms with van der Waals surface area (Å²) in [7, 11) is 0. The molecule has 0 amide bonds. The molecule has 0 radical (unpaired) electrons. The lowest BCUT2D eigenvalue weighted by Crippen LogP contribution is -2.15. The average molecular weight is 345 g/mol. The molecule has 5 heteroatoms. The van der Waals surface area contributed by atoms with Crippen LogP contribution >= 0.6 is 15.9 Å². The number of hydrogen-bond donors (Lipinski definition) is 1. The fourth-order valence-corrected chi connectivity index (χ4v) is 2.52. The molecule has 0 aliphatic carbocycles. The zero-order chi connectivity index (χ0) is 14.7. The van der Waals surface area contributed by atoms with Gasteiger partial charge in [0.15, 0.2) is 11.5 Å². The molecule has 0 saturated heterocycles. The monoisotopic (exact) mass is 344 g/mol. The van der Waals surface area contributed by atoms with E-state index in [1.807, 2.05) is 30.3 Å². The predicted molar refractivity (Wildman–Crippen MR) is 83.6 cm³/mol. The van der Waals surface area contributed by atoms with Crippen LogP contribution in [-0.4, -0.2) is 13.2 Å². The van der Waals surface area contributed by atoms with Crippen molar-refractivity contribution in [2.75, 3.05) is 18.5 Å². The third-order valence-electron chi connectivity index (χ3n) is 3.19. The van der Waals surface area contributed by atoms with E-state index >= 15 is 0 Å². The van der Waals surface area contributed by atoms with E-state index in [0.717, 1.165) is 27.2 Å². The van der Waals surface area contributed by atoms with Gasteiger partial charge in [-0.15, -0.1) is 0 Å². The van der Waals surface area contributed by atoms with Crippen LogP contribution in [0.25, 0.3) is 0 Å². The first-order chi connectivity index (χ1) is 10.3. The van der Waals surface area contributed by atoms with Crippen LogP contribution in [-0.2, 0) is 6.54 Å². The third kappa shape index (κ3) is 3.11. The van der Waals surface area contributed by atoms with Crippen molar-refractivity contribution in [1.29, 1.82) is 5.26 Å². The number of nitriles is 1. The zero-order valence-corrected chi connectivity index (χ0v) is 12.8. The Balaban J connectivity index is 1.75. The number of benzene rings is 2. The van der Waals surface area contributed by atoms with Crippen LogP contribution in [0.3, 0.4) is 0 Å². The summed E-state index contributed by atoms with van der Waals surface area (Å²) in [4.78, 5) is 0. The van der Waals surface area contributed by atoms with E-state index in [1.165, 1.54) is 0 Å². The fraction of sp³-hybridized carbons (Fsp3) is 0.188. The number of anilines is 1. The second-order valence-electron chi connectivity index (χ2n) is 4.63. The molecule has 1 N–H and O–H groups in total. The molecule has 0 bridgehead atoms. The largest absolute Gasteiger partial charge is 0.486 e. The highest BCUT2D eigenvalue weighted by atomic mass is 79.9. The van der Waals surface area contributed by atoms with Crippen LogP contribution in [0.4, 0.5) is 5.69 Å². The van der Waals surface area contributed by atoms with Crippen molar-refractivity contribution < 1.29 is 9.47 Å². The first kappa shape index (κ1) is 13.8. The molecule has 0 fully saturated rings. The summed E-state index contributed by atoms with van der Waals surface area (Å²) in [5, 5.41) is 12.4. The van der Waals surface area contributed by atoms with Crippen molar-refractivity contribution in [2.24, 2.45) is 0 Å². The first-order valence-electron chi connectivity index (χ1n) is 6.58. The van der Waals surface area contributed by atoms with Gasteiger partial charge in [0, 0.05) is 11.0 Å². The highest BCUT2D eigenvalue weighted by Gasteiger charge is 2.11. The van der Waals surface area contributed by atoms with Gasteiger partial charge < -0.3 is 14.8 Å². The minimum Gasteiger partial charge on any atom is -0.486 e. The van der Waals surface area contributed by atoms with Crippen molar-refractivity contribution >= 4 is 21.6 Å². The van der Waals surface area contributed by atoms with Gasteiger partial charge in [0.25, 0.3) is 0 Å². The molecule has 1 aliphatic rings. The highest BCUT2D eigenvalue weighted by molar-refractivity contribution is 9.10. The minimum atomic E-state index is 0.579. The molecule has 21 heavy (non-hydrogen) atoms. The Morgan fingerprint density at radius 3 is 2.71 bits per heavy atom. The Labute approximate surface area is 131 Å². The van der Waals surface area contributed by atoms with E-state index in [4.69, 9.17) is 14.7 Å². The molecule has 0 aromatic heterocycles. The molecule has 1 aliphatic heterocycles. The Kier molecular flexibility index (Phi) is 3.98. The van der Waals surface area contributed by atoms with Gasteiger partial charge in [-0.3, -0.25) is 0 Å². The van der Waals surface area contributed by atoms with E-state index < -0.39 is 0 Å². The molecule has 2 aromatic carbocycles. The maximum atomic E-state index is 9.15. The van der Waals surface area contributed by atoms with Crippen molar-refractivity contribution in [3.8, 4) is 17.6 Å². The smallest absolute Gasteiger partial charge is 0.161 e. The quantitative estimate of drug-likeness (QED) is 0.922. The van der Waals surface area contributed by atoms with Crippen molar-refractivity contribution in [2.45, 2.75) is 6.54 Å². The number of rotatable bonds is 3. The van der Waals surface area contributed by atoms with Gasteiger partial charge in [-0.25, -0.2) is 0 Å². The molecule has 0 unspecified atom stereocenters. The SMILES string of the molecule is N#Cc1cc(Br)ccc1NCc1ccc2c(c1)OCCO2. The van der Waals surface area contributed by atoms with Gasteiger partial charge in [0.1, 0.15) is 19.3 Å². The summed E-state index contributed by atoms with van der Waals surface area (Å²) < 4.78 is 12.0. The van der Waals surface area contributed by atoms with Gasteiger partial charge in [0.05, 0.1) is 11.3 Å². The van der Waals surface area contributed by atoms with E-state index in [0.29, 0.717) is 25.3 Å². The Hall–Kier alpha value is -2.19. The van der Waals surface area contributed by atoms with Crippen LogP contribution in [0.15, 0.2) is 40.9 Å². The van der Waals surface area contributed by atoms with Crippen LogP contribution in [0.2, 0.25) is 0 Å². The van der Waals surface area contributed by atoms with Crippen molar-refractivity contribution in [3.63, 3.8) is 0 Å². The summed E-state index contributed by atoms with van der Waals surface area (Å²) in [6.07, 6.45) is 0. The Morgan fingerprint density at radius 2 is 1.90 bits per heavy atom. The summed E-state index contributed by atoms with van der Waals surface area (Å²) in [6, 6.07) is 13.7. The predicted octanol–water partition coefficient (Wildman–Crippen LogP) is 3.70. The summed E-state index contributed by atoms with van der Waals surface area (Å²) in [6.45, 7) is 1.79. The summed E-state index contributed by atoms with van der Waals surface area (Å²) in [5.74, 6) is 1.56. The van der Waals surface area contributed by atoms with Gasteiger partial charge in [-0.2, -0.15) is 5.26 Å². The van der Waals surface area contributed by atoms with Crippen LogP contribution in [0.5, 0.6) is 11.5 Å². The number of nitrogens with zero attached hydrogens (tertiary/aromatic N) is 1. The molecule has 0 saturated carbocycles. The number of ether oxygens (including phenoxy) is 2. The number of nitrogens with one attached hydrogen (secondary N) is 1. The fourth-order valence-electron chi connectivity index (χ4n) is 2.16. The molecule has 3 rings (SSSR count). The lowest BCUT2D eigenvalue weighted by Gasteiger charge is -2.19. The molecular weight excluding hydrogens is 332 g/mol. The lowest BCUT2D eigenvalue weighted by molar-refractivity contribution is 0.171. The third-order valence-corrected chi connectivity index (χ3v) is 3.68. The molecule has 106 valence electrons. The van der Waals surface area contributed by atoms with Crippen LogP contribution < -0.4 is 14.8 Å². The molecule has 4 nitrogen and oxygen atoms in total. The van der Waals surface area contributed by atoms with E-state index in [1.54, 1.807) is 6.07 Å². The summed E-state index contributed by atoms with van der Waals surface area (Å²) in [5.41, 5.74) is 2.50. The van der Waals surface area contributed by atoms with Crippen LogP contribution in [0, 0.1) is 11.3 Å². The zero-order valence-electron chi connectivity index (χ0n) is 11.2. The normalized spacial score (nSPS) is 12.6. The van der Waals surface area contributed by atoms with E-state index in [9.17, 15) is 0 Å². The summed E-state index contributed by atoms with van der Waals surface area (Å²) >= 11 is 3.36. The maximum absolute atomic E-state index is 9.15. The minimum absolute atomic E-state index is 0.579. The second kappa shape index (κ2) is 6.06. The van der Waals surface area contributed by atoms with Crippen molar-refractivity contribution in [1.82, 2.24) is 0 Å². The highest BCUT2D eigenvalue weighted by Crippen LogP contribution is 2.31. The first-order valence-corrected chi connectivity index (χ1v) is 7.37. The van der Waals surface area contributed by atoms with Gasteiger partial charge in [-0.05, 0) is 35.9 Å². The molecule has 0 spiro atoms.